The van der Waals surface area contributed by atoms with E-state index in [4.69, 9.17) is 9.84 Å². The predicted molar refractivity (Wildman–Crippen MR) is 55.9 cm³/mol. The molecule has 3 nitrogen and oxygen atoms in total. The summed E-state index contributed by atoms with van der Waals surface area (Å²) in [5, 5.41) is 8.49. The quantitative estimate of drug-likeness (QED) is 0.370. The Hall–Kier alpha value is -0.830. The molecule has 0 bridgehead atoms. The van der Waals surface area contributed by atoms with Gasteiger partial charge in [0.1, 0.15) is 0 Å². The van der Waals surface area contributed by atoms with Crippen LogP contribution in [0.4, 0.5) is 0 Å². The molecule has 0 saturated carbocycles. The molecule has 0 unspecified atom stereocenters. The van der Waals surface area contributed by atoms with Crippen molar-refractivity contribution in [3.63, 3.8) is 0 Å². The van der Waals surface area contributed by atoms with Gasteiger partial charge in [-0.05, 0) is 32.1 Å². The molecule has 0 fully saturated rings. The molecule has 0 aromatic heterocycles. The van der Waals surface area contributed by atoms with E-state index in [0.29, 0.717) is 6.61 Å². The minimum Gasteiger partial charge on any atom is -0.466 e. The lowest BCUT2D eigenvalue weighted by atomic mass is 10.2. The van der Waals surface area contributed by atoms with Crippen LogP contribution in [0.3, 0.4) is 0 Å². The number of carbonyl (C=O) groups excluding carboxylic acids is 1. The number of rotatable bonds is 8. The fraction of sp³-hybridized carbons (Fsp3) is 0.727. The number of hydrogen-bond acceptors (Lipinski definition) is 3. The first-order valence-electron chi connectivity index (χ1n) is 5.16. The second kappa shape index (κ2) is 10.3. The van der Waals surface area contributed by atoms with E-state index in [2.05, 4.69) is 6.08 Å². The van der Waals surface area contributed by atoms with Crippen LogP contribution in [0.25, 0.3) is 0 Å². The normalized spacial score (nSPS) is 10.7. The first kappa shape index (κ1) is 13.2. The summed E-state index contributed by atoms with van der Waals surface area (Å²) in [5.74, 6) is -0.201. The van der Waals surface area contributed by atoms with E-state index in [1.165, 1.54) is 6.92 Å². The van der Waals surface area contributed by atoms with Crippen LogP contribution >= 0.6 is 0 Å². The summed E-state index contributed by atoms with van der Waals surface area (Å²) in [4.78, 5) is 10.4. The van der Waals surface area contributed by atoms with Crippen LogP contribution in [-0.4, -0.2) is 24.3 Å². The van der Waals surface area contributed by atoms with Crippen LogP contribution in [0, 0.1) is 0 Å². The zero-order valence-corrected chi connectivity index (χ0v) is 8.87. The lowest BCUT2D eigenvalue weighted by molar-refractivity contribution is -0.141. The first-order valence-corrected chi connectivity index (χ1v) is 5.16. The molecule has 0 rings (SSSR count). The largest absolute Gasteiger partial charge is 0.466 e. The fourth-order valence-corrected chi connectivity index (χ4v) is 1.07. The van der Waals surface area contributed by atoms with E-state index >= 15 is 0 Å². The highest BCUT2D eigenvalue weighted by Gasteiger charge is 1.91. The summed E-state index contributed by atoms with van der Waals surface area (Å²) >= 11 is 0. The van der Waals surface area contributed by atoms with Gasteiger partial charge >= 0.3 is 5.97 Å². The molecule has 0 heterocycles. The molecule has 0 aliphatic rings. The van der Waals surface area contributed by atoms with Crippen molar-refractivity contribution < 1.29 is 14.6 Å². The molecule has 0 amide bonds. The summed E-state index contributed by atoms with van der Waals surface area (Å²) in [6.45, 7) is 2.19. The maximum atomic E-state index is 10.4. The standard InChI is InChI=1S/C11H20O3/c1-11(13)14-10-8-6-4-2-3-5-7-9-12/h3,5,12H,2,4,6-10H2,1H3. The Balaban J connectivity index is 3.02. The number of aliphatic hydroxyl groups is 1. The third kappa shape index (κ3) is 11.2. The van der Waals surface area contributed by atoms with Crippen LogP contribution in [0.5, 0.6) is 0 Å². The third-order valence-corrected chi connectivity index (χ3v) is 1.78. The number of ether oxygens (including phenoxy) is 1. The van der Waals surface area contributed by atoms with Crippen molar-refractivity contribution in [1.82, 2.24) is 0 Å². The number of carbonyl (C=O) groups is 1. The highest BCUT2D eigenvalue weighted by atomic mass is 16.5. The van der Waals surface area contributed by atoms with Gasteiger partial charge in [0.2, 0.25) is 0 Å². The van der Waals surface area contributed by atoms with Gasteiger partial charge < -0.3 is 9.84 Å². The van der Waals surface area contributed by atoms with Crippen molar-refractivity contribution >= 4 is 5.97 Å². The molecule has 0 radical (unpaired) electrons. The van der Waals surface area contributed by atoms with E-state index < -0.39 is 0 Å². The molecule has 0 aromatic carbocycles. The van der Waals surface area contributed by atoms with Gasteiger partial charge in [0.15, 0.2) is 0 Å². The molecular weight excluding hydrogens is 180 g/mol. The minimum atomic E-state index is -0.201. The average molecular weight is 200 g/mol. The summed E-state index contributed by atoms with van der Waals surface area (Å²) < 4.78 is 4.80. The molecule has 0 aliphatic heterocycles. The van der Waals surface area contributed by atoms with Gasteiger partial charge in [-0.3, -0.25) is 4.79 Å². The molecule has 14 heavy (non-hydrogen) atoms. The van der Waals surface area contributed by atoms with Gasteiger partial charge in [-0.2, -0.15) is 0 Å². The lowest BCUT2D eigenvalue weighted by Crippen LogP contribution is -1.99. The Morgan fingerprint density at radius 2 is 1.93 bits per heavy atom. The molecule has 0 aliphatic carbocycles. The Morgan fingerprint density at radius 1 is 1.21 bits per heavy atom. The first-order chi connectivity index (χ1) is 6.77. The zero-order chi connectivity index (χ0) is 10.6. The second-order valence-electron chi connectivity index (χ2n) is 3.17. The SMILES string of the molecule is CC(=O)OCCCCCC=CCCO. The lowest BCUT2D eigenvalue weighted by Gasteiger charge is -2.00. The monoisotopic (exact) mass is 200 g/mol. The Labute approximate surface area is 85.8 Å². The molecule has 82 valence electrons. The summed E-state index contributed by atoms with van der Waals surface area (Å²) in [6, 6.07) is 0. The van der Waals surface area contributed by atoms with Crippen LogP contribution < -0.4 is 0 Å². The molecule has 1 N–H and O–H groups in total. The smallest absolute Gasteiger partial charge is 0.302 e. The minimum absolute atomic E-state index is 0.201. The Bertz CT molecular complexity index is 164. The maximum Gasteiger partial charge on any atom is 0.302 e. The number of hydrogen-bond donors (Lipinski definition) is 1. The fourth-order valence-electron chi connectivity index (χ4n) is 1.07. The highest BCUT2D eigenvalue weighted by Crippen LogP contribution is 2.01. The van der Waals surface area contributed by atoms with Crippen LogP contribution in [0.1, 0.15) is 39.0 Å². The molecule has 3 heteroatoms. The maximum absolute atomic E-state index is 10.4. The van der Waals surface area contributed by atoms with Gasteiger partial charge in [0.25, 0.3) is 0 Å². The summed E-state index contributed by atoms with van der Waals surface area (Å²) in [6.07, 6.45) is 9.00. The molecule has 0 aromatic rings. The molecule has 0 atom stereocenters. The number of unbranched alkanes of at least 4 members (excludes halogenated alkanes) is 3. The number of aliphatic hydroxyl groups excluding tert-OH is 1. The zero-order valence-electron chi connectivity index (χ0n) is 8.87. The van der Waals surface area contributed by atoms with Crippen LogP contribution in [0.15, 0.2) is 12.2 Å². The topological polar surface area (TPSA) is 46.5 Å². The number of allylic oxidation sites excluding steroid dienone is 1. The van der Waals surface area contributed by atoms with Crippen molar-refractivity contribution in [3.05, 3.63) is 12.2 Å². The van der Waals surface area contributed by atoms with Crippen molar-refractivity contribution in [3.8, 4) is 0 Å². The van der Waals surface area contributed by atoms with Gasteiger partial charge in [0, 0.05) is 13.5 Å². The van der Waals surface area contributed by atoms with E-state index in [9.17, 15) is 4.79 Å². The third-order valence-electron chi connectivity index (χ3n) is 1.78. The van der Waals surface area contributed by atoms with Crippen molar-refractivity contribution in [1.29, 1.82) is 0 Å². The van der Waals surface area contributed by atoms with E-state index in [0.717, 1.165) is 32.1 Å². The van der Waals surface area contributed by atoms with E-state index in [-0.39, 0.29) is 12.6 Å². The van der Waals surface area contributed by atoms with Gasteiger partial charge in [-0.25, -0.2) is 0 Å². The molecule has 0 spiro atoms. The number of esters is 1. The molecular formula is C11H20O3. The second-order valence-corrected chi connectivity index (χ2v) is 3.17. The van der Waals surface area contributed by atoms with Crippen LogP contribution in [-0.2, 0) is 9.53 Å². The highest BCUT2D eigenvalue weighted by molar-refractivity contribution is 5.65. The predicted octanol–water partition coefficient (Wildman–Crippen LogP) is 2.05. The summed E-state index contributed by atoms with van der Waals surface area (Å²) in [7, 11) is 0. The van der Waals surface area contributed by atoms with E-state index in [1.54, 1.807) is 0 Å². The van der Waals surface area contributed by atoms with Gasteiger partial charge in [0.05, 0.1) is 6.61 Å². The Kier molecular flexibility index (Phi) is 9.64. The van der Waals surface area contributed by atoms with Crippen molar-refractivity contribution in [2.75, 3.05) is 13.2 Å². The van der Waals surface area contributed by atoms with Crippen LogP contribution in [0.2, 0.25) is 0 Å². The van der Waals surface area contributed by atoms with Gasteiger partial charge in [-0.15, -0.1) is 0 Å². The van der Waals surface area contributed by atoms with E-state index in [1.807, 2.05) is 6.08 Å². The van der Waals surface area contributed by atoms with Crippen molar-refractivity contribution in [2.45, 2.75) is 39.0 Å². The molecule has 0 saturated heterocycles. The Morgan fingerprint density at radius 3 is 2.57 bits per heavy atom. The van der Waals surface area contributed by atoms with Gasteiger partial charge in [-0.1, -0.05) is 12.2 Å². The average Bonchev–Trinajstić information content (AvgIpc) is 2.15. The summed E-state index contributed by atoms with van der Waals surface area (Å²) in [5.41, 5.74) is 0. The van der Waals surface area contributed by atoms with Crippen molar-refractivity contribution in [2.24, 2.45) is 0 Å².